The van der Waals surface area contributed by atoms with E-state index in [0.717, 1.165) is 25.8 Å². The second-order valence-corrected chi connectivity index (χ2v) is 9.06. The molecule has 0 unspecified atom stereocenters. The number of benzene rings is 2. The van der Waals surface area contributed by atoms with E-state index in [9.17, 15) is 4.79 Å². The number of carbonyl (C=O) groups excluding carboxylic acids is 1. The highest BCUT2D eigenvalue weighted by Gasteiger charge is 2.13. The van der Waals surface area contributed by atoms with E-state index in [2.05, 4.69) is 60.5 Å². The van der Waals surface area contributed by atoms with Crippen LogP contribution in [0, 0.1) is 13.8 Å². The number of nitrogens with one attached hydrogen (secondary N) is 2. The minimum absolute atomic E-state index is 0.134. The number of hydrogen-bond acceptors (Lipinski definition) is 6. The maximum atomic E-state index is 12.3. The summed E-state index contributed by atoms with van der Waals surface area (Å²) < 4.78 is 2.01. The Labute approximate surface area is 178 Å². The van der Waals surface area contributed by atoms with Crippen LogP contribution >= 0.6 is 39.0 Å². The van der Waals surface area contributed by atoms with Gasteiger partial charge in [0, 0.05) is 10.0 Å². The lowest BCUT2D eigenvalue weighted by Crippen LogP contribution is -2.13. The van der Waals surface area contributed by atoms with Crippen molar-refractivity contribution in [1.29, 1.82) is 0 Å². The predicted molar refractivity (Wildman–Crippen MR) is 118 cm³/mol. The van der Waals surface area contributed by atoms with Crippen molar-refractivity contribution in [2.24, 2.45) is 0 Å². The number of nitrogens with zero attached hydrogens (tertiary/aromatic N) is 3. The first-order chi connectivity index (χ1) is 13.5. The SMILES string of the molecule is Cc1cc(C)c2nc(NC(=O)CSc3n[nH]c(-c4ccccc4Br)n3)sc2c1. The maximum Gasteiger partial charge on any atom is 0.236 e. The lowest BCUT2D eigenvalue weighted by molar-refractivity contribution is -0.113. The van der Waals surface area contributed by atoms with Gasteiger partial charge in [0.25, 0.3) is 0 Å². The Bertz CT molecular complexity index is 1170. The molecule has 1 amide bonds. The molecule has 0 aliphatic carbocycles. The lowest BCUT2D eigenvalue weighted by Gasteiger charge is -1.99. The van der Waals surface area contributed by atoms with Crippen LogP contribution < -0.4 is 5.32 Å². The highest BCUT2D eigenvalue weighted by atomic mass is 79.9. The molecule has 4 aromatic rings. The van der Waals surface area contributed by atoms with Crippen LogP contribution in [0.15, 0.2) is 46.0 Å². The summed E-state index contributed by atoms with van der Waals surface area (Å²) in [6.45, 7) is 4.09. The van der Waals surface area contributed by atoms with E-state index in [1.807, 2.05) is 31.2 Å². The molecule has 9 heteroatoms. The van der Waals surface area contributed by atoms with E-state index < -0.39 is 0 Å². The summed E-state index contributed by atoms with van der Waals surface area (Å²) in [5, 5.41) is 11.1. The van der Waals surface area contributed by atoms with Crippen molar-refractivity contribution in [1.82, 2.24) is 20.2 Å². The number of fused-ring (bicyclic) bond motifs is 1. The van der Waals surface area contributed by atoms with Gasteiger partial charge in [-0.3, -0.25) is 9.89 Å². The second kappa shape index (κ2) is 8.02. The van der Waals surface area contributed by atoms with Crippen LogP contribution in [0.2, 0.25) is 0 Å². The van der Waals surface area contributed by atoms with Gasteiger partial charge >= 0.3 is 0 Å². The first-order valence-electron chi connectivity index (χ1n) is 8.47. The van der Waals surface area contributed by atoms with Crippen molar-refractivity contribution < 1.29 is 4.79 Å². The topological polar surface area (TPSA) is 83.6 Å². The van der Waals surface area contributed by atoms with E-state index in [1.54, 1.807) is 0 Å². The van der Waals surface area contributed by atoms with E-state index >= 15 is 0 Å². The van der Waals surface area contributed by atoms with Crippen molar-refractivity contribution in [2.75, 3.05) is 11.1 Å². The lowest BCUT2D eigenvalue weighted by atomic mass is 10.1. The number of aryl methyl sites for hydroxylation is 2. The molecule has 2 aromatic heterocycles. The van der Waals surface area contributed by atoms with Crippen LogP contribution in [0.3, 0.4) is 0 Å². The van der Waals surface area contributed by atoms with E-state index in [4.69, 9.17) is 0 Å². The summed E-state index contributed by atoms with van der Waals surface area (Å²) in [5.41, 5.74) is 4.16. The molecule has 28 heavy (non-hydrogen) atoms. The number of hydrogen-bond donors (Lipinski definition) is 2. The minimum atomic E-state index is -0.134. The number of amides is 1. The number of rotatable bonds is 5. The molecule has 0 atom stereocenters. The summed E-state index contributed by atoms with van der Waals surface area (Å²) in [7, 11) is 0. The van der Waals surface area contributed by atoms with E-state index in [0.29, 0.717) is 16.1 Å². The quantitative estimate of drug-likeness (QED) is 0.389. The third-order valence-electron chi connectivity index (χ3n) is 4.00. The fraction of sp³-hybridized carbons (Fsp3) is 0.158. The Morgan fingerprint density at radius 3 is 2.89 bits per heavy atom. The smallest absolute Gasteiger partial charge is 0.236 e. The summed E-state index contributed by atoms with van der Waals surface area (Å²) in [5.74, 6) is 0.736. The van der Waals surface area contributed by atoms with Gasteiger partial charge in [-0.15, -0.1) is 5.10 Å². The van der Waals surface area contributed by atoms with Gasteiger partial charge in [0.2, 0.25) is 11.1 Å². The second-order valence-electron chi connectivity index (χ2n) is 6.23. The van der Waals surface area contributed by atoms with Crippen LogP contribution in [0.5, 0.6) is 0 Å². The van der Waals surface area contributed by atoms with Crippen LogP contribution in [0.4, 0.5) is 5.13 Å². The summed E-state index contributed by atoms with van der Waals surface area (Å²) >= 11 is 6.26. The maximum absolute atomic E-state index is 12.3. The van der Waals surface area contributed by atoms with E-state index in [1.165, 1.54) is 28.7 Å². The molecule has 2 N–H and O–H groups in total. The number of carbonyl (C=O) groups is 1. The van der Waals surface area contributed by atoms with Crippen molar-refractivity contribution >= 4 is 60.3 Å². The Morgan fingerprint density at radius 1 is 1.25 bits per heavy atom. The van der Waals surface area contributed by atoms with Crippen molar-refractivity contribution in [3.63, 3.8) is 0 Å². The van der Waals surface area contributed by atoms with Gasteiger partial charge in [-0.05, 0) is 37.1 Å². The average molecular weight is 474 g/mol. The summed E-state index contributed by atoms with van der Waals surface area (Å²) in [6, 6.07) is 11.9. The number of thiazole rings is 1. The van der Waals surface area contributed by atoms with Gasteiger partial charge in [0.1, 0.15) is 0 Å². The molecule has 0 aliphatic heterocycles. The van der Waals surface area contributed by atoms with Gasteiger partial charge in [-0.2, -0.15) is 0 Å². The molecule has 0 fully saturated rings. The van der Waals surface area contributed by atoms with E-state index in [-0.39, 0.29) is 11.7 Å². The third-order valence-corrected chi connectivity index (χ3v) is 6.46. The fourth-order valence-electron chi connectivity index (χ4n) is 2.79. The van der Waals surface area contributed by atoms with Crippen LogP contribution in [-0.4, -0.2) is 31.8 Å². The molecule has 6 nitrogen and oxygen atoms in total. The molecular weight excluding hydrogens is 458 g/mol. The highest BCUT2D eigenvalue weighted by Crippen LogP contribution is 2.30. The van der Waals surface area contributed by atoms with Gasteiger partial charge in [0.05, 0.1) is 16.0 Å². The van der Waals surface area contributed by atoms with Gasteiger partial charge in [-0.1, -0.05) is 63.3 Å². The third kappa shape index (κ3) is 4.11. The molecule has 0 saturated heterocycles. The summed E-state index contributed by atoms with van der Waals surface area (Å²) in [4.78, 5) is 21.3. The Morgan fingerprint density at radius 2 is 2.07 bits per heavy atom. The monoisotopic (exact) mass is 473 g/mol. The number of thioether (sulfide) groups is 1. The number of anilines is 1. The van der Waals surface area contributed by atoms with Crippen molar-refractivity contribution in [2.45, 2.75) is 19.0 Å². The zero-order valence-corrected chi connectivity index (χ0v) is 18.3. The Kier molecular flexibility index (Phi) is 5.47. The molecule has 2 heterocycles. The molecule has 142 valence electrons. The minimum Gasteiger partial charge on any atom is -0.301 e. The Balaban J connectivity index is 1.40. The van der Waals surface area contributed by atoms with Crippen molar-refractivity contribution in [3.8, 4) is 11.4 Å². The molecule has 2 aromatic carbocycles. The fourth-order valence-corrected chi connectivity index (χ4v) is 4.92. The molecule has 0 saturated carbocycles. The largest absolute Gasteiger partial charge is 0.301 e. The number of halogens is 1. The molecule has 4 rings (SSSR count). The molecule has 0 bridgehead atoms. The van der Waals surface area contributed by atoms with Crippen LogP contribution in [0.25, 0.3) is 21.6 Å². The van der Waals surface area contributed by atoms with Crippen LogP contribution in [-0.2, 0) is 4.79 Å². The summed E-state index contributed by atoms with van der Waals surface area (Å²) in [6.07, 6.45) is 0. The van der Waals surface area contributed by atoms with Gasteiger partial charge < -0.3 is 5.32 Å². The highest BCUT2D eigenvalue weighted by molar-refractivity contribution is 9.10. The first-order valence-corrected chi connectivity index (χ1v) is 11.1. The number of aromatic nitrogens is 4. The van der Waals surface area contributed by atoms with Gasteiger partial charge in [0.15, 0.2) is 11.0 Å². The zero-order chi connectivity index (χ0) is 19.7. The standard InChI is InChI=1S/C19H16BrN5OS2/c1-10-7-11(2)16-14(8-10)28-18(22-16)21-15(26)9-27-19-23-17(24-25-19)12-5-3-4-6-13(12)20/h3-8H,9H2,1-2H3,(H,21,22,26)(H,23,24,25). The molecule has 0 radical (unpaired) electrons. The zero-order valence-electron chi connectivity index (χ0n) is 15.1. The number of H-pyrrole nitrogens is 1. The normalized spacial score (nSPS) is 11.1. The number of aromatic amines is 1. The molecule has 0 aliphatic rings. The predicted octanol–water partition coefficient (Wildman–Crippen LogP) is 5.19. The van der Waals surface area contributed by atoms with Gasteiger partial charge in [-0.25, -0.2) is 9.97 Å². The Hall–Kier alpha value is -2.23. The average Bonchev–Trinajstić information content (AvgIpc) is 3.27. The molecule has 0 spiro atoms. The molecular formula is C19H16BrN5OS2. The first kappa shape index (κ1) is 19.1. The van der Waals surface area contributed by atoms with Crippen LogP contribution in [0.1, 0.15) is 11.1 Å². The van der Waals surface area contributed by atoms with Crippen molar-refractivity contribution in [3.05, 3.63) is 52.0 Å².